The highest BCUT2D eigenvalue weighted by atomic mass is 32.1. The van der Waals surface area contributed by atoms with Crippen molar-refractivity contribution in [3.05, 3.63) is 91.3 Å². The molecule has 0 atom stereocenters. The second-order valence-corrected chi connectivity index (χ2v) is 7.66. The van der Waals surface area contributed by atoms with Gasteiger partial charge in [-0.2, -0.15) is 0 Å². The molecule has 0 saturated carbocycles. The summed E-state index contributed by atoms with van der Waals surface area (Å²) in [5, 5.41) is 2.59. The molecular formula is C24H19N2S+. The molecular weight excluding hydrogens is 348 g/mol. The molecule has 3 aromatic carbocycles. The summed E-state index contributed by atoms with van der Waals surface area (Å²) in [6.07, 6.45) is 4.04. The third-order valence-corrected chi connectivity index (χ3v) is 6.22. The number of imidazole rings is 1. The van der Waals surface area contributed by atoms with Gasteiger partial charge in [0.15, 0.2) is 0 Å². The molecule has 27 heavy (non-hydrogen) atoms. The predicted molar refractivity (Wildman–Crippen MR) is 114 cm³/mol. The monoisotopic (exact) mass is 367 g/mol. The van der Waals surface area contributed by atoms with E-state index < -0.39 is 0 Å². The summed E-state index contributed by atoms with van der Waals surface area (Å²) in [5.41, 5.74) is 3.80. The Labute approximate surface area is 162 Å². The summed E-state index contributed by atoms with van der Waals surface area (Å²) in [6.45, 7) is 0. The fourth-order valence-corrected chi connectivity index (χ4v) is 5.02. The molecule has 2 heterocycles. The van der Waals surface area contributed by atoms with Gasteiger partial charge in [0.25, 0.3) is 5.82 Å². The van der Waals surface area contributed by atoms with Gasteiger partial charge in [0.05, 0.1) is 7.05 Å². The highest BCUT2D eigenvalue weighted by Crippen LogP contribution is 2.45. The van der Waals surface area contributed by atoms with Crippen LogP contribution in [0.4, 0.5) is 0 Å². The van der Waals surface area contributed by atoms with E-state index >= 15 is 0 Å². The lowest BCUT2D eigenvalue weighted by atomic mass is 9.97. The summed E-state index contributed by atoms with van der Waals surface area (Å²) < 4.78 is 2.14. The maximum atomic E-state index is 3.40. The molecule has 2 nitrogen and oxygen atoms in total. The number of nitrogens with one attached hydrogen (secondary N) is 1. The van der Waals surface area contributed by atoms with Gasteiger partial charge < -0.3 is 0 Å². The van der Waals surface area contributed by atoms with E-state index in [0.717, 1.165) is 5.82 Å². The summed E-state index contributed by atoms with van der Waals surface area (Å²) in [7, 11) is 2.08. The summed E-state index contributed by atoms with van der Waals surface area (Å²) in [4.78, 5) is 5.99. The number of rotatable bonds is 3. The Balaban J connectivity index is 1.80. The molecule has 0 saturated heterocycles. The molecule has 0 bridgehead atoms. The minimum Gasteiger partial charge on any atom is -0.243 e. The number of H-pyrrole nitrogens is 1. The molecule has 0 unspecified atom stereocenters. The van der Waals surface area contributed by atoms with Crippen LogP contribution in [0.2, 0.25) is 0 Å². The van der Waals surface area contributed by atoms with Crippen LogP contribution >= 0.6 is 11.3 Å². The zero-order valence-electron chi connectivity index (χ0n) is 15.0. The second-order valence-electron chi connectivity index (χ2n) is 6.64. The largest absolute Gasteiger partial charge is 0.297 e. The first-order chi connectivity index (χ1) is 13.3. The van der Waals surface area contributed by atoms with Crippen molar-refractivity contribution in [2.45, 2.75) is 0 Å². The van der Waals surface area contributed by atoms with Gasteiger partial charge in [-0.15, -0.1) is 11.3 Å². The molecule has 1 N–H and O–H groups in total. The number of thiophene rings is 1. The predicted octanol–water partition coefficient (Wildman–Crippen LogP) is 6.05. The third-order valence-electron chi connectivity index (χ3n) is 4.96. The fourth-order valence-electron chi connectivity index (χ4n) is 3.65. The van der Waals surface area contributed by atoms with Gasteiger partial charge >= 0.3 is 0 Å². The molecule has 0 radical (unpaired) electrons. The topological polar surface area (TPSA) is 19.7 Å². The smallest absolute Gasteiger partial charge is 0.243 e. The molecule has 130 valence electrons. The van der Waals surface area contributed by atoms with Crippen molar-refractivity contribution in [3.8, 4) is 32.3 Å². The van der Waals surface area contributed by atoms with Crippen LogP contribution in [0.25, 0.3) is 43.0 Å². The van der Waals surface area contributed by atoms with Crippen LogP contribution in [-0.2, 0) is 7.05 Å². The van der Waals surface area contributed by atoms with Crippen molar-refractivity contribution < 1.29 is 4.57 Å². The van der Waals surface area contributed by atoms with E-state index in [2.05, 4.69) is 102 Å². The van der Waals surface area contributed by atoms with Crippen molar-refractivity contribution >= 4 is 22.1 Å². The molecule has 0 aliphatic heterocycles. The van der Waals surface area contributed by atoms with E-state index in [1.807, 2.05) is 17.5 Å². The van der Waals surface area contributed by atoms with Crippen molar-refractivity contribution in [2.24, 2.45) is 7.05 Å². The van der Waals surface area contributed by atoms with Crippen LogP contribution in [0.15, 0.2) is 91.3 Å². The van der Waals surface area contributed by atoms with Crippen LogP contribution in [0.3, 0.4) is 0 Å². The van der Waals surface area contributed by atoms with Gasteiger partial charge in [-0.25, -0.2) is 9.55 Å². The second kappa shape index (κ2) is 6.53. The Morgan fingerprint density at radius 2 is 1.33 bits per heavy atom. The van der Waals surface area contributed by atoms with E-state index in [0.29, 0.717) is 0 Å². The molecule has 0 fully saturated rings. The Morgan fingerprint density at radius 3 is 2.04 bits per heavy atom. The van der Waals surface area contributed by atoms with Gasteiger partial charge in [-0.3, -0.25) is 0 Å². The Morgan fingerprint density at radius 1 is 0.704 bits per heavy atom. The molecule has 3 heteroatoms. The standard InChI is InChI=1S/C24H18N2S/c1-26-16-15-25-24(26)23-21-14-8-7-13-20(21)22(27-23)19-12-6-5-11-18(19)17-9-3-2-4-10-17/h2-16H,1H3/p+1. The van der Waals surface area contributed by atoms with E-state index in [4.69, 9.17) is 0 Å². The first kappa shape index (κ1) is 16.0. The molecule has 5 rings (SSSR count). The highest BCUT2D eigenvalue weighted by molar-refractivity contribution is 7.21. The van der Waals surface area contributed by atoms with Crippen LogP contribution in [0.5, 0.6) is 0 Å². The van der Waals surface area contributed by atoms with Crippen molar-refractivity contribution in [3.63, 3.8) is 0 Å². The average molecular weight is 367 g/mol. The number of nitrogens with zero attached hydrogens (tertiary/aromatic N) is 1. The fraction of sp³-hybridized carbons (Fsp3) is 0.0417. The quantitative estimate of drug-likeness (QED) is 0.374. The average Bonchev–Trinajstić information content (AvgIpc) is 3.32. The number of aromatic nitrogens is 2. The lowest BCUT2D eigenvalue weighted by molar-refractivity contribution is -0.658. The minimum atomic E-state index is 1.14. The number of benzene rings is 3. The zero-order chi connectivity index (χ0) is 18.2. The summed E-state index contributed by atoms with van der Waals surface area (Å²) in [6, 6.07) is 28.0. The first-order valence-electron chi connectivity index (χ1n) is 9.02. The lowest BCUT2D eigenvalue weighted by Crippen LogP contribution is -2.27. The zero-order valence-corrected chi connectivity index (χ0v) is 15.8. The van der Waals surface area contributed by atoms with Gasteiger partial charge in [0, 0.05) is 21.2 Å². The summed E-state index contributed by atoms with van der Waals surface area (Å²) in [5.74, 6) is 1.14. The molecule has 0 amide bonds. The van der Waals surface area contributed by atoms with E-state index in [9.17, 15) is 0 Å². The maximum absolute atomic E-state index is 3.40. The first-order valence-corrected chi connectivity index (χ1v) is 9.84. The lowest BCUT2D eigenvalue weighted by Gasteiger charge is -2.09. The SMILES string of the molecule is C[n+]1cc[nH]c1-c1sc(-c2ccccc2-c2ccccc2)c2ccccc12. The number of hydrogen-bond donors (Lipinski definition) is 1. The molecule has 0 aliphatic rings. The molecule has 0 spiro atoms. The maximum Gasteiger partial charge on any atom is 0.297 e. The van der Waals surface area contributed by atoms with Gasteiger partial charge in [0.1, 0.15) is 17.3 Å². The minimum absolute atomic E-state index is 1.14. The van der Waals surface area contributed by atoms with Crippen LogP contribution in [-0.4, -0.2) is 4.98 Å². The van der Waals surface area contributed by atoms with Crippen LogP contribution in [0.1, 0.15) is 0 Å². The number of fused-ring (bicyclic) bond motifs is 1. The molecule has 0 aliphatic carbocycles. The number of aromatic amines is 1. The highest BCUT2D eigenvalue weighted by Gasteiger charge is 2.21. The normalized spacial score (nSPS) is 11.1. The van der Waals surface area contributed by atoms with Crippen molar-refractivity contribution in [1.82, 2.24) is 4.98 Å². The molecule has 2 aromatic heterocycles. The van der Waals surface area contributed by atoms with Gasteiger partial charge in [-0.1, -0.05) is 78.9 Å². The Kier molecular flexibility index (Phi) is 3.88. The third kappa shape index (κ3) is 2.68. The van der Waals surface area contributed by atoms with Crippen LogP contribution in [0, 0.1) is 0 Å². The number of hydrogen-bond acceptors (Lipinski definition) is 1. The Hall–Kier alpha value is -3.17. The van der Waals surface area contributed by atoms with Crippen molar-refractivity contribution in [2.75, 3.05) is 0 Å². The van der Waals surface area contributed by atoms with Crippen molar-refractivity contribution in [1.29, 1.82) is 0 Å². The van der Waals surface area contributed by atoms with E-state index in [1.165, 1.54) is 37.2 Å². The van der Waals surface area contributed by atoms with E-state index in [-0.39, 0.29) is 0 Å². The number of aryl methyl sites for hydroxylation is 1. The van der Waals surface area contributed by atoms with E-state index in [1.54, 1.807) is 0 Å². The molecule has 5 aromatic rings. The Bertz CT molecular complexity index is 1230. The van der Waals surface area contributed by atoms with Gasteiger partial charge in [-0.05, 0) is 11.1 Å². The van der Waals surface area contributed by atoms with Gasteiger partial charge in [0.2, 0.25) is 0 Å². The van der Waals surface area contributed by atoms with Crippen LogP contribution < -0.4 is 4.57 Å². The summed E-state index contributed by atoms with van der Waals surface area (Å²) >= 11 is 1.85.